The van der Waals surface area contributed by atoms with E-state index in [1.165, 1.54) is 0 Å². The van der Waals surface area contributed by atoms with Crippen molar-refractivity contribution in [3.8, 4) is 11.8 Å². The van der Waals surface area contributed by atoms with Crippen molar-refractivity contribution in [2.45, 2.75) is 25.8 Å². The van der Waals surface area contributed by atoms with Crippen molar-refractivity contribution in [1.29, 1.82) is 0 Å². The first-order chi connectivity index (χ1) is 16.9. The van der Waals surface area contributed by atoms with Crippen LogP contribution < -0.4 is 10.6 Å². The van der Waals surface area contributed by atoms with Gasteiger partial charge in [-0.05, 0) is 43.5 Å². The van der Waals surface area contributed by atoms with Crippen molar-refractivity contribution in [2.75, 3.05) is 55.0 Å². The molecule has 2 saturated heterocycles. The van der Waals surface area contributed by atoms with Crippen molar-refractivity contribution in [1.82, 2.24) is 24.8 Å². The van der Waals surface area contributed by atoms with Crippen LogP contribution in [0.3, 0.4) is 0 Å². The van der Waals surface area contributed by atoms with Gasteiger partial charge in [0.15, 0.2) is 21.3 Å². The first-order valence-electron chi connectivity index (χ1n) is 11.8. The number of hydrogen-bond acceptors (Lipinski definition) is 9. The predicted molar refractivity (Wildman–Crippen MR) is 136 cm³/mol. The van der Waals surface area contributed by atoms with E-state index >= 15 is 0 Å². The summed E-state index contributed by atoms with van der Waals surface area (Å²) in [6, 6.07) is 6.24. The molecule has 3 aromatic rings. The summed E-state index contributed by atoms with van der Waals surface area (Å²) in [5.74, 6) is 7.97. The summed E-state index contributed by atoms with van der Waals surface area (Å²) in [5, 5.41) is 6.83. The van der Waals surface area contributed by atoms with Crippen molar-refractivity contribution in [2.24, 2.45) is 0 Å². The van der Waals surface area contributed by atoms with Gasteiger partial charge in [0.2, 0.25) is 5.95 Å². The normalized spacial score (nSPS) is 18.7. The van der Waals surface area contributed by atoms with Gasteiger partial charge in [-0.25, -0.2) is 13.4 Å². The minimum absolute atomic E-state index is 0.215. The Morgan fingerprint density at radius 1 is 1.20 bits per heavy atom. The van der Waals surface area contributed by atoms with Crippen LogP contribution in [0.2, 0.25) is 0 Å². The van der Waals surface area contributed by atoms with Gasteiger partial charge in [0.05, 0.1) is 24.4 Å². The molecule has 0 aliphatic carbocycles. The maximum Gasteiger partial charge on any atom is 0.231 e. The molecule has 3 N–H and O–H groups in total. The summed E-state index contributed by atoms with van der Waals surface area (Å²) < 4.78 is 28.6. The number of nitrogens with zero attached hydrogens (tertiary/aromatic N) is 4. The molecular weight excluding hydrogens is 466 g/mol. The molecule has 2 fully saturated rings. The van der Waals surface area contributed by atoms with E-state index in [-0.39, 0.29) is 11.5 Å². The fraction of sp³-hybridized carbons (Fsp3) is 0.458. The predicted octanol–water partition coefficient (Wildman–Crippen LogP) is 2.08. The third kappa shape index (κ3) is 5.90. The fourth-order valence-electron chi connectivity index (χ4n) is 4.19. The van der Waals surface area contributed by atoms with Gasteiger partial charge in [0.1, 0.15) is 5.52 Å². The summed E-state index contributed by atoms with van der Waals surface area (Å²) in [6.45, 7) is 5.15. The van der Waals surface area contributed by atoms with E-state index in [4.69, 9.17) is 9.72 Å². The number of fused-ring (bicyclic) bond motifs is 1. The van der Waals surface area contributed by atoms with Crippen LogP contribution in [0, 0.1) is 18.8 Å². The van der Waals surface area contributed by atoms with Crippen molar-refractivity contribution in [3.05, 3.63) is 35.7 Å². The number of benzene rings is 1. The molecule has 35 heavy (non-hydrogen) atoms. The molecule has 0 atom stereocenters. The number of imidazole rings is 1. The number of aryl methyl sites for hydroxylation is 1. The highest BCUT2D eigenvalue weighted by atomic mass is 32.2. The lowest BCUT2D eigenvalue weighted by atomic mass is 10.1. The van der Waals surface area contributed by atoms with E-state index in [1.807, 2.05) is 25.1 Å². The Bertz CT molecular complexity index is 1360. The highest BCUT2D eigenvalue weighted by molar-refractivity contribution is 7.91. The van der Waals surface area contributed by atoms with Crippen molar-refractivity contribution >= 4 is 38.5 Å². The number of H-pyrrole nitrogens is 1. The number of rotatable bonds is 5. The van der Waals surface area contributed by atoms with Gasteiger partial charge in [-0.3, -0.25) is 4.90 Å². The quantitative estimate of drug-likeness (QED) is 0.456. The molecular formula is C24H29N7O3S. The second kappa shape index (κ2) is 10.2. The van der Waals surface area contributed by atoms with Gasteiger partial charge in [-0.2, -0.15) is 9.97 Å². The second-order valence-corrected chi connectivity index (χ2v) is 11.2. The summed E-state index contributed by atoms with van der Waals surface area (Å²) in [4.78, 5) is 18.8. The number of anilines is 3. The molecule has 2 aromatic heterocycles. The molecule has 10 nitrogen and oxygen atoms in total. The average Bonchev–Trinajstić information content (AvgIpc) is 3.32. The molecule has 0 unspecified atom stereocenters. The molecule has 0 bridgehead atoms. The third-order valence-corrected chi connectivity index (χ3v) is 7.90. The molecule has 0 radical (unpaired) electrons. The Kier molecular flexibility index (Phi) is 6.86. The van der Waals surface area contributed by atoms with Gasteiger partial charge >= 0.3 is 0 Å². The first kappa shape index (κ1) is 23.5. The monoisotopic (exact) mass is 495 g/mol. The van der Waals surface area contributed by atoms with E-state index in [2.05, 4.69) is 42.3 Å². The molecule has 0 saturated carbocycles. The van der Waals surface area contributed by atoms with Crippen molar-refractivity contribution < 1.29 is 13.2 Å². The minimum Gasteiger partial charge on any atom is -0.381 e. The number of ether oxygens (including phenoxy) is 1. The van der Waals surface area contributed by atoms with Crippen molar-refractivity contribution in [3.63, 3.8) is 0 Å². The molecule has 4 heterocycles. The SMILES string of the molecule is Cc1cc(C#CCN2CCS(=O)(=O)CC2)ccc1Nc1nc(NC2CCOCC2)c2nc[nH]c2n1. The van der Waals surface area contributed by atoms with Crippen LogP contribution in [0.4, 0.5) is 17.5 Å². The highest BCUT2D eigenvalue weighted by Crippen LogP contribution is 2.25. The van der Waals surface area contributed by atoms with E-state index in [9.17, 15) is 8.42 Å². The first-order valence-corrected chi connectivity index (χ1v) is 13.6. The molecule has 0 spiro atoms. The summed E-state index contributed by atoms with van der Waals surface area (Å²) in [6.07, 6.45) is 3.48. The van der Waals surface area contributed by atoms with Crippen LogP contribution in [0.1, 0.15) is 24.0 Å². The largest absolute Gasteiger partial charge is 0.381 e. The van der Waals surface area contributed by atoms with Crippen LogP contribution in [0.25, 0.3) is 11.2 Å². The zero-order chi connectivity index (χ0) is 24.3. The fourth-order valence-corrected chi connectivity index (χ4v) is 5.47. The number of sulfone groups is 1. The number of aromatic amines is 1. The van der Waals surface area contributed by atoms with Gasteiger partial charge in [-0.15, -0.1) is 0 Å². The number of hydrogen-bond donors (Lipinski definition) is 3. The van der Waals surface area contributed by atoms with Crippen LogP contribution >= 0.6 is 0 Å². The number of nitrogens with one attached hydrogen (secondary N) is 3. The molecule has 2 aliphatic heterocycles. The van der Waals surface area contributed by atoms with E-state index in [0.29, 0.717) is 43.1 Å². The summed E-state index contributed by atoms with van der Waals surface area (Å²) in [7, 11) is -2.87. The smallest absolute Gasteiger partial charge is 0.231 e. The summed E-state index contributed by atoms with van der Waals surface area (Å²) >= 11 is 0. The lowest BCUT2D eigenvalue weighted by Crippen LogP contribution is -2.40. The van der Waals surface area contributed by atoms with Gasteiger partial charge in [0.25, 0.3) is 0 Å². The minimum atomic E-state index is -2.87. The highest BCUT2D eigenvalue weighted by Gasteiger charge is 2.20. The Hall–Kier alpha value is -3.20. The zero-order valence-corrected chi connectivity index (χ0v) is 20.5. The maximum absolute atomic E-state index is 11.6. The average molecular weight is 496 g/mol. The zero-order valence-electron chi connectivity index (χ0n) is 19.7. The maximum atomic E-state index is 11.6. The van der Waals surface area contributed by atoms with E-state index in [0.717, 1.165) is 48.4 Å². The van der Waals surface area contributed by atoms with E-state index in [1.54, 1.807) is 6.33 Å². The topological polar surface area (TPSA) is 125 Å². The van der Waals surface area contributed by atoms with Crippen LogP contribution in [0.15, 0.2) is 24.5 Å². The van der Waals surface area contributed by atoms with Crippen LogP contribution in [0.5, 0.6) is 0 Å². The number of aromatic nitrogens is 4. The second-order valence-electron chi connectivity index (χ2n) is 8.91. The Morgan fingerprint density at radius 3 is 2.77 bits per heavy atom. The third-order valence-electron chi connectivity index (χ3n) is 6.29. The standard InChI is InChI=1S/C24H29N7O3S/c1-17-15-18(3-2-8-31-9-13-35(32,33)14-10-31)4-5-20(17)28-24-29-22-21(25-16-26-22)23(30-24)27-19-6-11-34-12-7-19/h4-5,15-16,19H,6-14H2,1H3,(H3,25,26,27,28,29,30). The molecule has 11 heteroatoms. The van der Waals surface area contributed by atoms with Crippen LogP contribution in [-0.4, -0.2) is 83.6 Å². The Labute approximate surface area is 204 Å². The lowest BCUT2D eigenvalue weighted by molar-refractivity contribution is 0.0904. The Morgan fingerprint density at radius 2 is 2.00 bits per heavy atom. The Balaban J connectivity index is 1.27. The van der Waals surface area contributed by atoms with E-state index < -0.39 is 9.84 Å². The summed E-state index contributed by atoms with van der Waals surface area (Å²) in [5.41, 5.74) is 4.21. The molecule has 2 aliphatic rings. The molecule has 184 valence electrons. The molecule has 0 amide bonds. The van der Waals surface area contributed by atoms with Crippen LogP contribution in [-0.2, 0) is 14.6 Å². The molecule has 1 aromatic carbocycles. The van der Waals surface area contributed by atoms with Gasteiger partial charge < -0.3 is 20.4 Å². The lowest BCUT2D eigenvalue weighted by Gasteiger charge is -2.24. The van der Waals surface area contributed by atoms with Gasteiger partial charge in [-0.1, -0.05) is 11.8 Å². The molecule has 5 rings (SSSR count). The van der Waals surface area contributed by atoms with Gasteiger partial charge in [0, 0.05) is 43.6 Å².